The Balaban J connectivity index is 1.77. The van der Waals surface area contributed by atoms with Crippen molar-refractivity contribution in [1.29, 1.82) is 0 Å². The predicted octanol–water partition coefficient (Wildman–Crippen LogP) is 1.06. The normalized spacial score (nSPS) is 25.8. The molecule has 1 atom stereocenters. The Bertz CT molecular complexity index is 560. The number of sulfone groups is 1. The van der Waals surface area contributed by atoms with Crippen LogP contribution in [-0.4, -0.2) is 35.7 Å². The maximum absolute atomic E-state index is 11.6. The van der Waals surface area contributed by atoms with Crippen molar-refractivity contribution in [1.82, 2.24) is 15.1 Å². The van der Waals surface area contributed by atoms with E-state index < -0.39 is 9.84 Å². The molecule has 19 heavy (non-hydrogen) atoms. The van der Waals surface area contributed by atoms with Crippen LogP contribution >= 0.6 is 0 Å². The number of hydrogen-bond acceptors (Lipinski definition) is 4. The second kappa shape index (κ2) is 4.90. The lowest BCUT2D eigenvalue weighted by atomic mass is 10.2. The van der Waals surface area contributed by atoms with Crippen LogP contribution < -0.4 is 5.32 Å². The summed E-state index contributed by atoms with van der Waals surface area (Å²) >= 11 is 0. The van der Waals surface area contributed by atoms with Gasteiger partial charge in [0.25, 0.3) is 0 Å². The standard InChI is InChI=1S/C13H21N3O2S/c1-2-13-10(7-14-11-3-4-11)8-15-16(13)12-5-6-19(17,18)9-12/h8,11-12,14H,2-7,9H2,1H3. The first-order valence-electron chi connectivity index (χ1n) is 7.08. The fraction of sp³-hybridized carbons (Fsp3) is 0.769. The fourth-order valence-corrected chi connectivity index (χ4v) is 4.48. The van der Waals surface area contributed by atoms with E-state index in [9.17, 15) is 8.42 Å². The van der Waals surface area contributed by atoms with Crippen LogP contribution in [0.5, 0.6) is 0 Å². The lowest BCUT2D eigenvalue weighted by molar-refractivity contribution is 0.480. The molecule has 3 rings (SSSR count). The molecule has 1 N–H and O–H groups in total. The second-order valence-electron chi connectivity index (χ2n) is 5.63. The van der Waals surface area contributed by atoms with Gasteiger partial charge in [0.2, 0.25) is 0 Å². The maximum Gasteiger partial charge on any atom is 0.152 e. The molecule has 0 radical (unpaired) electrons. The molecular weight excluding hydrogens is 262 g/mol. The summed E-state index contributed by atoms with van der Waals surface area (Å²) in [7, 11) is -2.85. The maximum atomic E-state index is 11.6. The Kier molecular flexibility index (Phi) is 3.39. The molecule has 1 aliphatic carbocycles. The number of rotatable bonds is 5. The molecule has 6 heteroatoms. The molecule has 2 fully saturated rings. The Hall–Kier alpha value is -0.880. The number of hydrogen-bond donors (Lipinski definition) is 1. The minimum Gasteiger partial charge on any atom is -0.310 e. The van der Waals surface area contributed by atoms with Gasteiger partial charge in [-0.1, -0.05) is 6.92 Å². The average molecular weight is 283 g/mol. The van der Waals surface area contributed by atoms with Crippen molar-refractivity contribution >= 4 is 9.84 Å². The third kappa shape index (κ3) is 2.84. The second-order valence-corrected chi connectivity index (χ2v) is 7.86. The summed E-state index contributed by atoms with van der Waals surface area (Å²) in [6, 6.07) is 0.717. The third-order valence-electron chi connectivity index (χ3n) is 4.03. The van der Waals surface area contributed by atoms with Gasteiger partial charge in [-0.05, 0) is 25.7 Å². The molecule has 1 saturated carbocycles. The van der Waals surface area contributed by atoms with Crippen LogP contribution in [-0.2, 0) is 22.8 Å². The summed E-state index contributed by atoms with van der Waals surface area (Å²) in [5.74, 6) is 0.549. The van der Waals surface area contributed by atoms with E-state index in [2.05, 4.69) is 17.3 Å². The zero-order valence-corrected chi connectivity index (χ0v) is 12.1. The molecule has 2 aliphatic rings. The molecule has 0 aromatic carbocycles. The van der Waals surface area contributed by atoms with E-state index in [1.807, 2.05) is 10.9 Å². The number of nitrogens with one attached hydrogen (secondary N) is 1. The fourth-order valence-electron chi connectivity index (χ4n) is 2.78. The van der Waals surface area contributed by atoms with Crippen molar-refractivity contribution < 1.29 is 8.42 Å². The smallest absolute Gasteiger partial charge is 0.152 e. The molecule has 2 heterocycles. The monoisotopic (exact) mass is 283 g/mol. The van der Waals surface area contributed by atoms with Crippen LogP contribution in [0.25, 0.3) is 0 Å². The highest BCUT2D eigenvalue weighted by Crippen LogP contribution is 2.26. The molecule has 106 valence electrons. The van der Waals surface area contributed by atoms with Gasteiger partial charge >= 0.3 is 0 Å². The molecule has 1 aromatic rings. The van der Waals surface area contributed by atoms with Gasteiger partial charge < -0.3 is 5.32 Å². The van der Waals surface area contributed by atoms with Crippen LogP contribution in [0.1, 0.15) is 43.5 Å². The Morgan fingerprint density at radius 1 is 1.42 bits per heavy atom. The molecular formula is C13H21N3O2S. The van der Waals surface area contributed by atoms with E-state index in [0.717, 1.165) is 13.0 Å². The largest absolute Gasteiger partial charge is 0.310 e. The Morgan fingerprint density at radius 3 is 2.79 bits per heavy atom. The molecule has 0 bridgehead atoms. The third-order valence-corrected chi connectivity index (χ3v) is 5.78. The van der Waals surface area contributed by atoms with Crippen molar-refractivity contribution in [3.63, 3.8) is 0 Å². The lowest BCUT2D eigenvalue weighted by Crippen LogP contribution is -2.18. The van der Waals surface area contributed by atoms with Crippen LogP contribution in [0.3, 0.4) is 0 Å². The van der Waals surface area contributed by atoms with E-state index in [4.69, 9.17) is 0 Å². The van der Waals surface area contributed by atoms with E-state index in [-0.39, 0.29) is 11.8 Å². The summed E-state index contributed by atoms with van der Waals surface area (Å²) in [4.78, 5) is 0. The van der Waals surface area contributed by atoms with Gasteiger partial charge in [-0.15, -0.1) is 0 Å². The van der Waals surface area contributed by atoms with Crippen molar-refractivity contribution in [2.75, 3.05) is 11.5 Å². The SMILES string of the molecule is CCc1c(CNC2CC2)cnn1C1CCS(=O)(=O)C1. The van der Waals surface area contributed by atoms with Crippen molar-refractivity contribution in [3.8, 4) is 0 Å². The van der Waals surface area contributed by atoms with E-state index in [0.29, 0.717) is 18.2 Å². The molecule has 1 unspecified atom stereocenters. The molecule has 1 aliphatic heterocycles. The van der Waals surface area contributed by atoms with Gasteiger partial charge in [0.1, 0.15) is 0 Å². The Labute approximate surface area is 114 Å². The van der Waals surface area contributed by atoms with Gasteiger partial charge in [-0.3, -0.25) is 4.68 Å². The first kappa shape index (κ1) is 13.1. The molecule has 5 nitrogen and oxygen atoms in total. The summed E-state index contributed by atoms with van der Waals surface area (Å²) < 4.78 is 25.1. The molecule has 0 spiro atoms. The Morgan fingerprint density at radius 2 is 2.21 bits per heavy atom. The minimum absolute atomic E-state index is 0.0367. The van der Waals surface area contributed by atoms with Crippen LogP contribution in [0, 0.1) is 0 Å². The molecule has 0 amide bonds. The van der Waals surface area contributed by atoms with Gasteiger partial charge in [-0.2, -0.15) is 5.10 Å². The van der Waals surface area contributed by atoms with Gasteiger partial charge in [-0.25, -0.2) is 8.42 Å². The highest BCUT2D eigenvalue weighted by Gasteiger charge is 2.31. The average Bonchev–Trinajstić information content (AvgIpc) is 3.00. The van der Waals surface area contributed by atoms with Gasteiger partial charge in [0, 0.05) is 23.8 Å². The zero-order chi connectivity index (χ0) is 13.5. The first-order valence-corrected chi connectivity index (χ1v) is 8.90. The van der Waals surface area contributed by atoms with Crippen LogP contribution in [0.2, 0.25) is 0 Å². The van der Waals surface area contributed by atoms with Gasteiger partial charge in [0.15, 0.2) is 9.84 Å². The van der Waals surface area contributed by atoms with Crippen LogP contribution in [0.4, 0.5) is 0 Å². The minimum atomic E-state index is -2.85. The highest BCUT2D eigenvalue weighted by atomic mass is 32.2. The van der Waals surface area contributed by atoms with E-state index in [1.165, 1.54) is 24.1 Å². The van der Waals surface area contributed by atoms with E-state index in [1.54, 1.807) is 0 Å². The van der Waals surface area contributed by atoms with E-state index >= 15 is 0 Å². The topological polar surface area (TPSA) is 64.0 Å². The number of nitrogens with zero attached hydrogens (tertiary/aromatic N) is 2. The summed E-state index contributed by atoms with van der Waals surface area (Å²) in [5.41, 5.74) is 2.41. The first-order chi connectivity index (χ1) is 9.09. The quantitative estimate of drug-likeness (QED) is 0.877. The summed E-state index contributed by atoms with van der Waals surface area (Å²) in [5, 5.41) is 7.94. The van der Waals surface area contributed by atoms with Crippen LogP contribution in [0.15, 0.2) is 6.20 Å². The van der Waals surface area contributed by atoms with Crippen molar-refractivity contribution in [2.24, 2.45) is 0 Å². The lowest BCUT2D eigenvalue weighted by Gasteiger charge is -2.13. The van der Waals surface area contributed by atoms with Crippen molar-refractivity contribution in [3.05, 3.63) is 17.5 Å². The summed E-state index contributed by atoms with van der Waals surface area (Å²) in [6.07, 6.45) is 6.05. The predicted molar refractivity (Wildman–Crippen MR) is 73.8 cm³/mol. The molecule has 1 saturated heterocycles. The zero-order valence-electron chi connectivity index (χ0n) is 11.3. The summed E-state index contributed by atoms with van der Waals surface area (Å²) in [6.45, 7) is 2.96. The van der Waals surface area contributed by atoms with Crippen molar-refractivity contribution in [2.45, 2.75) is 51.2 Å². The highest BCUT2D eigenvalue weighted by molar-refractivity contribution is 7.91. The van der Waals surface area contributed by atoms with Gasteiger partial charge in [0.05, 0.1) is 23.7 Å². The molecule has 1 aromatic heterocycles. The number of aromatic nitrogens is 2.